The lowest BCUT2D eigenvalue weighted by atomic mass is 10.1. The number of hydrogen-bond acceptors (Lipinski definition) is 4. The molecule has 0 heterocycles. The van der Waals surface area contributed by atoms with E-state index in [4.69, 9.17) is 20.9 Å². The minimum Gasteiger partial charge on any atom is -0.497 e. The molecule has 5 heteroatoms. The second-order valence-electron chi connectivity index (χ2n) is 4.57. The minimum atomic E-state index is -0.554. The van der Waals surface area contributed by atoms with Crippen molar-refractivity contribution in [3.05, 3.63) is 53.6 Å². The van der Waals surface area contributed by atoms with Gasteiger partial charge >= 0.3 is 0 Å². The quantitative estimate of drug-likeness (QED) is 0.795. The first-order chi connectivity index (χ1) is 10.1. The standard InChI is InChI=1S/C16H18N2O3/c1-20-13-5-2-11(3-6-13)8-9-21-15-7-4-12(17)10-14(15)16(18)19/h2-7,10H,8-9,17H2,1H3,(H2,18,19). The average molecular weight is 286 g/mol. The molecule has 5 nitrogen and oxygen atoms in total. The first-order valence-electron chi connectivity index (χ1n) is 6.55. The third-order valence-corrected chi connectivity index (χ3v) is 3.08. The predicted molar refractivity (Wildman–Crippen MR) is 81.6 cm³/mol. The molecule has 0 unspecified atom stereocenters. The van der Waals surface area contributed by atoms with Crippen molar-refractivity contribution >= 4 is 11.6 Å². The summed E-state index contributed by atoms with van der Waals surface area (Å²) < 4.78 is 10.7. The number of methoxy groups -OCH3 is 1. The summed E-state index contributed by atoms with van der Waals surface area (Å²) in [5.41, 5.74) is 12.8. The van der Waals surface area contributed by atoms with Crippen molar-refractivity contribution in [2.75, 3.05) is 19.5 Å². The summed E-state index contributed by atoms with van der Waals surface area (Å²) in [6.07, 6.45) is 0.715. The molecule has 110 valence electrons. The maximum Gasteiger partial charge on any atom is 0.252 e. The molecule has 0 saturated heterocycles. The van der Waals surface area contributed by atoms with Gasteiger partial charge in [-0.1, -0.05) is 12.1 Å². The number of nitrogens with two attached hydrogens (primary N) is 2. The Morgan fingerprint density at radius 3 is 2.48 bits per heavy atom. The molecule has 4 N–H and O–H groups in total. The van der Waals surface area contributed by atoms with E-state index in [1.165, 1.54) is 6.07 Å². The van der Waals surface area contributed by atoms with Gasteiger partial charge < -0.3 is 20.9 Å². The van der Waals surface area contributed by atoms with Crippen molar-refractivity contribution in [1.29, 1.82) is 0 Å². The van der Waals surface area contributed by atoms with Gasteiger partial charge in [0.15, 0.2) is 0 Å². The van der Waals surface area contributed by atoms with Crippen LogP contribution in [0, 0.1) is 0 Å². The number of primary amides is 1. The van der Waals surface area contributed by atoms with E-state index in [0.29, 0.717) is 30.0 Å². The summed E-state index contributed by atoms with van der Waals surface area (Å²) in [4.78, 5) is 11.4. The van der Waals surface area contributed by atoms with Crippen LogP contribution in [0.25, 0.3) is 0 Å². The van der Waals surface area contributed by atoms with Gasteiger partial charge in [-0.05, 0) is 35.9 Å². The number of carbonyl (C=O) groups excluding carboxylic acids is 1. The first kappa shape index (κ1) is 14.7. The molecule has 0 saturated carbocycles. The number of ether oxygens (including phenoxy) is 2. The van der Waals surface area contributed by atoms with E-state index < -0.39 is 5.91 Å². The van der Waals surface area contributed by atoms with Crippen LogP contribution in [0.2, 0.25) is 0 Å². The molecule has 0 bridgehead atoms. The number of nitrogen functional groups attached to an aromatic ring is 1. The van der Waals surface area contributed by atoms with Gasteiger partial charge in [-0.25, -0.2) is 0 Å². The Morgan fingerprint density at radius 1 is 1.14 bits per heavy atom. The Bertz CT molecular complexity index is 624. The third kappa shape index (κ3) is 3.89. The van der Waals surface area contributed by atoms with Crippen LogP contribution in [-0.4, -0.2) is 19.6 Å². The van der Waals surface area contributed by atoms with Gasteiger partial charge in [0.1, 0.15) is 11.5 Å². The maximum atomic E-state index is 11.4. The summed E-state index contributed by atoms with van der Waals surface area (Å²) in [5.74, 6) is 0.709. The summed E-state index contributed by atoms with van der Waals surface area (Å²) in [6, 6.07) is 12.6. The van der Waals surface area contributed by atoms with Crippen molar-refractivity contribution in [3.63, 3.8) is 0 Å². The minimum absolute atomic E-state index is 0.296. The van der Waals surface area contributed by atoms with Crippen LogP contribution in [0.1, 0.15) is 15.9 Å². The highest BCUT2D eigenvalue weighted by Gasteiger charge is 2.09. The lowest BCUT2D eigenvalue weighted by Crippen LogP contribution is -2.14. The molecule has 0 aliphatic heterocycles. The molecular weight excluding hydrogens is 268 g/mol. The van der Waals surface area contributed by atoms with Crippen LogP contribution in [0.5, 0.6) is 11.5 Å². The molecule has 0 aliphatic rings. The lowest BCUT2D eigenvalue weighted by Gasteiger charge is -2.10. The van der Waals surface area contributed by atoms with E-state index >= 15 is 0 Å². The average Bonchev–Trinajstić information content (AvgIpc) is 2.49. The predicted octanol–water partition coefficient (Wildman–Crippen LogP) is 2.00. The van der Waals surface area contributed by atoms with Gasteiger partial charge in [-0.2, -0.15) is 0 Å². The van der Waals surface area contributed by atoms with Crippen LogP contribution >= 0.6 is 0 Å². The van der Waals surface area contributed by atoms with Crippen molar-refractivity contribution in [3.8, 4) is 11.5 Å². The zero-order chi connectivity index (χ0) is 15.2. The van der Waals surface area contributed by atoms with Crippen LogP contribution in [0.3, 0.4) is 0 Å². The normalized spacial score (nSPS) is 10.1. The summed E-state index contributed by atoms with van der Waals surface area (Å²) >= 11 is 0. The molecule has 1 amide bonds. The van der Waals surface area contributed by atoms with Crippen molar-refractivity contribution < 1.29 is 14.3 Å². The molecule has 0 radical (unpaired) electrons. The Labute approximate surface area is 123 Å². The summed E-state index contributed by atoms with van der Waals surface area (Å²) in [6.45, 7) is 0.441. The van der Waals surface area contributed by atoms with E-state index in [-0.39, 0.29) is 0 Å². The number of hydrogen-bond donors (Lipinski definition) is 2. The highest BCUT2D eigenvalue weighted by Crippen LogP contribution is 2.21. The second-order valence-corrected chi connectivity index (χ2v) is 4.57. The highest BCUT2D eigenvalue weighted by molar-refractivity contribution is 5.96. The van der Waals surface area contributed by atoms with Gasteiger partial charge in [0.25, 0.3) is 5.91 Å². The molecule has 0 atom stereocenters. The molecule has 0 aliphatic carbocycles. The Balaban J connectivity index is 1.98. The first-order valence-corrected chi connectivity index (χ1v) is 6.55. The van der Waals surface area contributed by atoms with E-state index in [0.717, 1.165) is 11.3 Å². The smallest absolute Gasteiger partial charge is 0.252 e. The van der Waals surface area contributed by atoms with Crippen molar-refractivity contribution in [2.24, 2.45) is 5.73 Å². The zero-order valence-electron chi connectivity index (χ0n) is 11.8. The van der Waals surface area contributed by atoms with Gasteiger partial charge in [0.2, 0.25) is 0 Å². The number of anilines is 1. The Hall–Kier alpha value is -2.69. The SMILES string of the molecule is COc1ccc(CCOc2ccc(N)cc2C(N)=O)cc1. The molecule has 0 aromatic heterocycles. The third-order valence-electron chi connectivity index (χ3n) is 3.08. The Kier molecular flexibility index (Phi) is 4.66. The topological polar surface area (TPSA) is 87.6 Å². The molecular formula is C16H18N2O3. The molecule has 21 heavy (non-hydrogen) atoms. The van der Waals surface area contributed by atoms with Gasteiger partial charge in [-0.15, -0.1) is 0 Å². The number of benzene rings is 2. The number of rotatable bonds is 6. The van der Waals surface area contributed by atoms with Gasteiger partial charge in [0, 0.05) is 12.1 Å². The van der Waals surface area contributed by atoms with Gasteiger partial charge in [0.05, 0.1) is 19.3 Å². The molecule has 2 aromatic carbocycles. The van der Waals surface area contributed by atoms with Crippen LogP contribution in [0.15, 0.2) is 42.5 Å². The lowest BCUT2D eigenvalue weighted by molar-refractivity contribution is 0.0996. The van der Waals surface area contributed by atoms with Crippen molar-refractivity contribution in [2.45, 2.75) is 6.42 Å². The monoisotopic (exact) mass is 286 g/mol. The summed E-state index contributed by atoms with van der Waals surface area (Å²) in [5, 5.41) is 0. The van der Waals surface area contributed by atoms with E-state index in [1.807, 2.05) is 24.3 Å². The summed E-state index contributed by atoms with van der Waals surface area (Å²) in [7, 11) is 1.63. The van der Waals surface area contributed by atoms with Gasteiger partial charge in [-0.3, -0.25) is 4.79 Å². The largest absolute Gasteiger partial charge is 0.497 e. The van der Waals surface area contributed by atoms with E-state index in [1.54, 1.807) is 19.2 Å². The zero-order valence-corrected chi connectivity index (χ0v) is 11.8. The number of carbonyl (C=O) groups is 1. The fourth-order valence-corrected chi connectivity index (χ4v) is 1.94. The van der Waals surface area contributed by atoms with Crippen LogP contribution in [-0.2, 0) is 6.42 Å². The number of amides is 1. The van der Waals surface area contributed by atoms with Crippen molar-refractivity contribution in [1.82, 2.24) is 0 Å². The maximum absolute atomic E-state index is 11.4. The molecule has 0 spiro atoms. The van der Waals surface area contributed by atoms with Crippen LogP contribution in [0.4, 0.5) is 5.69 Å². The molecule has 0 fully saturated rings. The molecule has 2 aromatic rings. The van der Waals surface area contributed by atoms with E-state index in [2.05, 4.69) is 0 Å². The second kappa shape index (κ2) is 6.65. The van der Waals surface area contributed by atoms with E-state index in [9.17, 15) is 4.79 Å². The van der Waals surface area contributed by atoms with Crippen LogP contribution < -0.4 is 20.9 Å². The highest BCUT2D eigenvalue weighted by atomic mass is 16.5. The fraction of sp³-hybridized carbons (Fsp3) is 0.188. The fourth-order valence-electron chi connectivity index (χ4n) is 1.94. The molecule has 2 rings (SSSR count). The Morgan fingerprint density at radius 2 is 1.86 bits per heavy atom.